The third-order valence-corrected chi connectivity index (χ3v) is 4.92. The second-order valence-electron chi connectivity index (χ2n) is 6.68. The van der Waals surface area contributed by atoms with E-state index >= 15 is 0 Å². The molecule has 0 unspecified atom stereocenters. The highest BCUT2D eigenvalue weighted by molar-refractivity contribution is 6.35. The normalized spacial score (nSPS) is 10.9. The zero-order chi connectivity index (χ0) is 21.1. The molecule has 0 amide bonds. The van der Waals surface area contributed by atoms with Gasteiger partial charge in [0.05, 0.1) is 35.1 Å². The molecule has 0 spiro atoms. The summed E-state index contributed by atoms with van der Waals surface area (Å²) >= 11 is 6.43. The molecule has 0 aliphatic heterocycles. The number of pyridine rings is 2. The van der Waals surface area contributed by atoms with Gasteiger partial charge in [0, 0.05) is 18.3 Å². The number of anilines is 2. The van der Waals surface area contributed by atoms with Gasteiger partial charge in [0.15, 0.2) is 0 Å². The van der Waals surface area contributed by atoms with Gasteiger partial charge in [-0.15, -0.1) is 0 Å². The van der Waals surface area contributed by atoms with Crippen LogP contribution in [0.3, 0.4) is 0 Å². The molecule has 4 rings (SSSR count). The fraction of sp³-hybridized carbons (Fsp3) is 0.182. The van der Waals surface area contributed by atoms with Crippen molar-refractivity contribution in [2.45, 2.75) is 19.9 Å². The molecule has 8 heteroatoms. The predicted molar refractivity (Wildman–Crippen MR) is 117 cm³/mol. The second-order valence-corrected chi connectivity index (χ2v) is 7.08. The molecule has 1 N–H and O–H groups in total. The Balaban J connectivity index is 1.60. The summed E-state index contributed by atoms with van der Waals surface area (Å²) in [5.74, 6) is 1.02. The standard InChI is InChI=1S/C22H20ClN5O2/c1-3-11-28-20-16(23)5-4-6-17(20)27-21(28)14-7-10-19(25-12-14)26-15-8-9-18(24-13-15)22(29)30-2/h4-10,12-13H,3,11H2,1-2H3,(H,25,26). The number of nitrogens with zero attached hydrogens (tertiary/aromatic N) is 4. The lowest BCUT2D eigenvalue weighted by Gasteiger charge is -2.10. The number of imidazole rings is 1. The highest BCUT2D eigenvalue weighted by Gasteiger charge is 2.15. The number of ether oxygens (including phenoxy) is 1. The lowest BCUT2D eigenvalue weighted by Crippen LogP contribution is -2.04. The van der Waals surface area contributed by atoms with Crippen molar-refractivity contribution in [1.82, 2.24) is 19.5 Å². The topological polar surface area (TPSA) is 81.9 Å². The summed E-state index contributed by atoms with van der Waals surface area (Å²) < 4.78 is 6.79. The van der Waals surface area contributed by atoms with Crippen molar-refractivity contribution < 1.29 is 9.53 Å². The van der Waals surface area contributed by atoms with Crippen LogP contribution >= 0.6 is 11.6 Å². The van der Waals surface area contributed by atoms with Crippen LogP contribution in [0.15, 0.2) is 54.9 Å². The molecule has 0 saturated carbocycles. The number of rotatable bonds is 6. The summed E-state index contributed by atoms with van der Waals surface area (Å²) in [6.07, 6.45) is 4.30. The molecule has 0 saturated heterocycles. The van der Waals surface area contributed by atoms with Gasteiger partial charge in [-0.2, -0.15) is 0 Å². The average Bonchev–Trinajstić information content (AvgIpc) is 3.14. The Morgan fingerprint density at radius 2 is 2.00 bits per heavy atom. The van der Waals surface area contributed by atoms with E-state index in [1.165, 1.54) is 7.11 Å². The van der Waals surface area contributed by atoms with E-state index in [0.717, 1.165) is 35.4 Å². The van der Waals surface area contributed by atoms with Crippen LogP contribution in [-0.2, 0) is 11.3 Å². The number of halogens is 1. The van der Waals surface area contributed by atoms with E-state index in [0.29, 0.717) is 16.5 Å². The van der Waals surface area contributed by atoms with Crippen molar-refractivity contribution in [2.24, 2.45) is 0 Å². The van der Waals surface area contributed by atoms with Crippen LogP contribution in [0, 0.1) is 0 Å². The minimum absolute atomic E-state index is 0.250. The summed E-state index contributed by atoms with van der Waals surface area (Å²) in [6, 6.07) is 12.9. The lowest BCUT2D eigenvalue weighted by atomic mass is 10.2. The van der Waals surface area contributed by atoms with Crippen molar-refractivity contribution in [3.8, 4) is 11.4 Å². The van der Waals surface area contributed by atoms with Gasteiger partial charge < -0.3 is 14.6 Å². The van der Waals surface area contributed by atoms with E-state index in [1.54, 1.807) is 24.5 Å². The van der Waals surface area contributed by atoms with Crippen molar-refractivity contribution in [1.29, 1.82) is 0 Å². The van der Waals surface area contributed by atoms with Crippen LogP contribution in [0.2, 0.25) is 5.02 Å². The minimum atomic E-state index is -0.473. The third kappa shape index (κ3) is 3.84. The van der Waals surface area contributed by atoms with Crippen LogP contribution in [-0.4, -0.2) is 32.6 Å². The lowest BCUT2D eigenvalue weighted by molar-refractivity contribution is 0.0594. The summed E-state index contributed by atoms with van der Waals surface area (Å²) in [4.78, 5) is 24.8. The molecule has 152 valence electrons. The first-order valence-corrected chi connectivity index (χ1v) is 9.91. The molecule has 3 heterocycles. The molecule has 0 aliphatic rings. The van der Waals surface area contributed by atoms with Gasteiger partial charge in [-0.3, -0.25) is 0 Å². The molecule has 0 radical (unpaired) electrons. The summed E-state index contributed by atoms with van der Waals surface area (Å²) in [5, 5.41) is 3.86. The Morgan fingerprint density at radius 3 is 2.67 bits per heavy atom. The smallest absolute Gasteiger partial charge is 0.356 e. The number of fused-ring (bicyclic) bond motifs is 1. The van der Waals surface area contributed by atoms with E-state index in [2.05, 4.69) is 31.5 Å². The van der Waals surface area contributed by atoms with Crippen LogP contribution in [0.1, 0.15) is 23.8 Å². The predicted octanol–water partition coefficient (Wildman–Crippen LogP) is 5.09. The molecule has 7 nitrogen and oxygen atoms in total. The van der Waals surface area contributed by atoms with Gasteiger partial charge >= 0.3 is 5.97 Å². The molecule has 0 atom stereocenters. The number of hydrogen-bond acceptors (Lipinski definition) is 6. The first-order valence-electron chi connectivity index (χ1n) is 9.53. The SMILES string of the molecule is CCCn1c(-c2ccc(Nc3ccc(C(=O)OC)nc3)nc2)nc2cccc(Cl)c21. The van der Waals surface area contributed by atoms with E-state index < -0.39 is 5.97 Å². The van der Waals surface area contributed by atoms with Gasteiger partial charge in [-0.25, -0.2) is 19.7 Å². The molecule has 0 aliphatic carbocycles. The molecule has 3 aromatic heterocycles. The van der Waals surface area contributed by atoms with Gasteiger partial charge in [-0.05, 0) is 42.8 Å². The highest BCUT2D eigenvalue weighted by Crippen LogP contribution is 2.30. The maximum atomic E-state index is 11.5. The van der Waals surface area contributed by atoms with Crippen molar-refractivity contribution in [3.05, 3.63) is 65.6 Å². The van der Waals surface area contributed by atoms with Gasteiger partial charge in [-0.1, -0.05) is 24.6 Å². The number of aromatic nitrogens is 4. The number of esters is 1. The van der Waals surface area contributed by atoms with Gasteiger partial charge in [0.2, 0.25) is 0 Å². The molecular formula is C22H20ClN5O2. The first kappa shape index (κ1) is 19.8. The van der Waals surface area contributed by atoms with E-state index in [-0.39, 0.29) is 5.69 Å². The zero-order valence-electron chi connectivity index (χ0n) is 16.6. The molecule has 0 bridgehead atoms. The summed E-state index contributed by atoms with van der Waals surface area (Å²) in [5.41, 5.74) is 3.67. The highest BCUT2D eigenvalue weighted by atomic mass is 35.5. The minimum Gasteiger partial charge on any atom is -0.464 e. The summed E-state index contributed by atoms with van der Waals surface area (Å²) in [7, 11) is 1.32. The molecule has 1 aromatic carbocycles. The third-order valence-electron chi connectivity index (χ3n) is 4.62. The molecule has 4 aromatic rings. The fourth-order valence-corrected chi connectivity index (χ4v) is 3.52. The van der Waals surface area contributed by atoms with Crippen LogP contribution in [0.5, 0.6) is 0 Å². The maximum absolute atomic E-state index is 11.5. The number of para-hydroxylation sites is 1. The molecular weight excluding hydrogens is 402 g/mol. The van der Waals surface area contributed by atoms with E-state index in [4.69, 9.17) is 16.6 Å². The average molecular weight is 422 g/mol. The Kier molecular flexibility index (Phi) is 5.63. The number of carbonyl (C=O) groups excluding carboxylic acids is 1. The number of benzene rings is 1. The number of nitrogens with one attached hydrogen (secondary N) is 1. The largest absolute Gasteiger partial charge is 0.464 e. The van der Waals surface area contributed by atoms with Crippen LogP contribution in [0.4, 0.5) is 11.5 Å². The van der Waals surface area contributed by atoms with Crippen molar-refractivity contribution >= 4 is 40.1 Å². The van der Waals surface area contributed by atoms with Crippen molar-refractivity contribution in [2.75, 3.05) is 12.4 Å². The van der Waals surface area contributed by atoms with Crippen LogP contribution in [0.25, 0.3) is 22.4 Å². The van der Waals surface area contributed by atoms with Gasteiger partial charge in [0.25, 0.3) is 0 Å². The quantitative estimate of drug-likeness (QED) is 0.437. The Labute approximate surface area is 178 Å². The molecule has 30 heavy (non-hydrogen) atoms. The van der Waals surface area contributed by atoms with E-state index in [9.17, 15) is 4.79 Å². The number of hydrogen-bond donors (Lipinski definition) is 1. The van der Waals surface area contributed by atoms with Crippen LogP contribution < -0.4 is 5.32 Å². The van der Waals surface area contributed by atoms with Gasteiger partial charge in [0.1, 0.15) is 17.3 Å². The molecule has 0 fully saturated rings. The zero-order valence-corrected chi connectivity index (χ0v) is 17.3. The Bertz CT molecular complexity index is 1190. The Morgan fingerprint density at radius 1 is 1.13 bits per heavy atom. The number of methoxy groups -OCH3 is 1. The fourth-order valence-electron chi connectivity index (χ4n) is 3.24. The maximum Gasteiger partial charge on any atom is 0.356 e. The number of carbonyl (C=O) groups is 1. The monoisotopic (exact) mass is 421 g/mol. The second kappa shape index (κ2) is 8.51. The first-order chi connectivity index (χ1) is 14.6. The number of aryl methyl sites for hydroxylation is 1. The Hall–Kier alpha value is -3.45. The van der Waals surface area contributed by atoms with E-state index in [1.807, 2.05) is 30.3 Å². The summed E-state index contributed by atoms with van der Waals surface area (Å²) in [6.45, 7) is 2.94. The van der Waals surface area contributed by atoms with Crippen molar-refractivity contribution in [3.63, 3.8) is 0 Å².